The average molecular weight is 125 g/mol. The number of hydrogen-bond acceptors (Lipinski definition) is 1. The first-order valence-corrected chi connectivity index (χ1v) is 3.39. The van der Waals surface area contributed by atoms with Crippen LogP contribution < -0.4 is 0 Å². The van der Waals surface area contributed by atoms with Gasteiger partial charge in [-0.3, -0.25) is 0 Å². The normalized spacial score (nSPS) is 35.6. The summed E-state index contributed by atoms with van der Waals surface area (Å²) in [5.41, 5.74) is 0. The molecule has 2 nitrogen and oxygen atoms in total. The van der Waals surface area contributed by atoms with Crippen LogP contribution in [0.15, 0.2) is 0 Å². The molecule has 0 aromatic heterocycles. The maximum absolute atomic E-state index is 9.16. The van der Waals surface area contributed by atoms with Gasteiger partial charge in [0.05, 0.1) is 0 Å². The Morgan fingerprint density at radius 2 is 2.00 bits per heavy atom. The van der Waals surface area contributed by atoms with Crippen LogP contribution in [-0.2, 0) is 0 Å². The first-order chi connectivity index (χ1) is 4.34. The fourth-order valence-corrected chi connectivity index (χ4v) is 1.24. The molecule has 1 saturated carbocycles. The van der Waals surface area contributed by atoms with E-state index in [1.807, 2.05) is 0 Å². The molecule has 2 atom stereocenters. The lowest BCUT2D eigenvalue weighted by atomic mass is 9.93. The molecule has 0 aliphatic heterocycles. The van der Waals surface area contributed by atoms with Gasteiger partial charge in [-0.2, -0.15) is 0 Å². The Bertz CT molecular complexity index is 127. The molecule has 50 valence electrons. The standard InChI is InChI=1S/C7H11NO/c1-8-6-4-2-3-5-7(6)9/h6-7,9H,2-5H2. The highest BCUT2D eigenvalue weighted by Gasteiger charge is 2.26. The zero-order valence-electron chi connectivity index (χ0n) is 5.38. The number of aliphatic hydroxyl groups excluding tert-OH is 1. The van der Waals surface area contributed by atoms with Crippen LogP contribution in [0.2, 0.25) is 0 Å². The van der Waals surface area contributed by atoms with E-state index in [1.54, 1.807) is 0 Å². The quantitative estimate of drug-likeness (QED) is 0.483. The molecule has 1 aliphatic carbocycles. The first kappa shape index (κ1) is 6.57. The van der Waals surface area contributed by atoms with Gasteiger partial charge in [-0.15, -0.1) is 0 Å². The van der Waals surface area contributed by atoms with Crippen LogP contribution in [0.25, 0.3) is 4.85 Å². The largest absolute Gasteiger partial charge is 0.385 e. The Hall–Kier alpha value is -0.550. The molecule has 1 fully saturated rings. The van der Waals surface area contributed by atoms with Gasteiger partial charge in [0.1, 0.15) is 6.10 Å². The third-order valence-electron chi connectivity index (χ3n) is 1.86. The smallest absolute Gasteiger partial charge is 0.249 e. The molecule has 0 amide bonds. The Balaban J connectivity index is 2.41. The summed E-state index contributed by atoms with van der Waals surface area (Å²) in [5, 5.41) is 9.16. The van der Waals surface area contributed by atoms with Crippen molar-refractivity contribution in [1.82, 2.24) is 0 Å². The zero-order chi connectivity index (χ0) is 6.69. The summed E-state index contributed by atoms with van der Waals surface area (Å²) in [6.45, 7) is 6.69. The van der Waals surface area contributed by atoms with Crippen LogP contribution in [0.3, 0.4) is 0 Å². The summed E-state index contributed by atoms with van der Waals surface area (Å²) < 4.78 is 0. The molecule has 2 unspecified atom stereocenters. The minimum atomic E-state index is -0.337. The van der Waals surface area contributed by atoms with Crippen LogP contribution in [0.4, 0.5) is 0 Å². The highest BCUT2D eigenvalue weighted by Crippen LogP contribution is 2.20. The Morgan fingerprint density at radius 3 is 2.44 bits per heavy atom. The molecule has 1 rings (SSSR count). The molecule has 0 bridgehead atoms. The predicted molar refractivity (Wildman–Crippen MR) is 34.9 cm³/mol. The highest BCUT2D eigenvalue weighted by atomic mass is 16.3. The van der Waals surface area contributed by atoms with E-state index in [1.165, 1.54) is 0 Å². The van der Waals surface area contributed by atoms with Crippen LogP contribution in [0.1, 0.15) is 25.7 Å². The molecule has 0 heterocycles. The Labute approximate surface area is 55.3 Å². The zero-order valence-corrected chi connectivity index (χ0v) is 5.38. The Morgan fingerprint density at radius 1 is 1.33 bits per heavy atom. The van der Waals surface area contributed by atoms with Crippen molar-refractivity contribution >= 4 is 0 Å². The van der Waals surface area contributed by atoms with Crippen molar-refractivity contribution in [2.45, 2.75) is 37.8 Å². The maximum Gasteiger partial charge on any atom is 0.249 e. The van der Waals surface area contributed by atoms with Crippen molar-refractivity contribution in [3.63, 3.8) is 0 Å². The molecule has 2 heteroatoms. The van der Waals surface area contributed by atoms with Crippen molar-refractivity contribution in [3.05, 3.63) is 11.4 Å². The number of nitrogens with zero attached hydrogens (tertiary/aromatic N) is 1. The number of aliphatic hydroxyl groups is 1. The first-order valence-electron chi connectivity index (χ1n) is 3.39. The van der Waals surface area contributed by atoms with E-state index >= 15 is 0 Å². The van der Waals surface area contributed by atoms with E-state index in [2.05, 4.69) is 4.85 Å². The Kier molecular flexibility index (Phi) is 2.07. The average Bonchev–Trinajstić information content (AvgIpc) is 1.89. The summed E-state index contributed by atoms with van der Waals surface area (Å²) in [6.07, 6.45) is 3.59. The van der Waals surface area contributed by atoms with Crippen molar-refractivity contribution in [1.29, 1.82) is 0 Å². The molecule has 1 N–H and O–H groups in total. The molecular formula is C7H11NO. The molecule has 0 aromatic carbocycles. The second-order valence-corrected chi connectivity index (χ2v) is 2.55. The summed E-state index contributed by atoms with van der Waals surface area (Å²) in [4.78, 5) is 3.33. The lowest BCUT2D eigenvalue weighted by Gasteiger charge is -2.17. The third kappa shape index (κ3) is 1.43. The summed E-state index contributed by atoms with van der Waals surface area (Å²) in [7, 11) is 0. The fourth-order valence-electron chi connectivity index (χ4n) is 1.24. The van der Waals surface area contributed by atoms with E-state index in [9.17, 15) is 0 Å². The van der Waals surface area contributed by atoms with Crippen molar-refractivity contribution in [3.8, 4) is 0 Å². The van der Waals surface area contributed by atoms with Crippen molar-refractivity contribution < 1.29 is 5.11 Å². The molecule has 1 aliphatic rings. The molecule has 9 heavy (non-hydrogen) atoms. The number of hydrogen-bond donors (Lipinski definition) is 1. The summed E-state index contributed by atoms with van der Waals surface area (Å²) >= 11 is 0. The van der Waals surface area contributed by atoms with Gasteiger partial charge in [0, 0.05) is 6.42 Å². The second kappa shape index (κ2) is 2.84. The molecular weight excluding hydrogens is 114 g/mol. The van der Waals surface area contributed by atoms with Gasteiger partial charge in [0.15, 0.2) is 0 Å². The monoisotopic (exact) mass is 125 g/mol. The highest BCUT2D eigenvalue weighted by molar-refractivity contribution is 4.88. The van der Waals surface area contributed by atoms with Gasteiger partial charge >= 0.3 is 0 Å². The summed E-state index contributed by atoms with van der Waals surface area (Å²) in [6, 6.07) is -0.0984. The molecule has 0 aromatic rings. The lowest BCUT2D eigenvalue weighted by molar-refractivity contribution is 0.122. The van der Waals surface area contributed by atoms with Gasteiger partial charge in [-0.1, -0.05) is 6.42 Å². The van der Waals surface area contributed by atoms with Crippen molar-refractivity contribution in [2.24, 2.45) is 0 Å². The molecule has 0 spiro atoms. The van der Waals surface area contributed by atoms with E-state index < -0.39 is 0 Å². The van der Waals surface area contributed by atoms with E-state index in [-0.39, 0.29) is 12.1 Å². The van der Waals surface area contributed by atoms with Gasteiger partial charge in [0.2, 0.25) is 6.04 Å². The van der Waals surface area contributed by atoms with Gasteiger partial charge in [-0.05, 0) is 12.8 Å². The lowest BCUT2D eigenvalue weighted by Crippen LogP contribution is -2.26. The topological polar surface area (TPSA) is 24.6 Å². The predicted octanol–water partition coefficient (Wildman–Crippen LogP) is 1.21. The third-order valence-corrected chi connectivity index (χ3v) is 1.86. The van der Waals surface area contributed by atoms with E-state index in [0.717, 1.165) is 25.7 Å². The van der Waals surface area contributed by atoms with Crippen LogP contribution in [0, 0.1) is 6.57 Å². The molecule has 0 radical (unpaired) electrons. The van der Waals surface area contributed by atoms with Crippen molar-refractivity contribution in [2.75, 3.05) is 0 Å². The summed E-state index contributed by atoms with van der Waals surface area (Å²) in [5.74, 6) is 0. The van der Waals surface area contributed by atoms with Gasteiger partial charge in [0.25, 0.3) is 0 Å². The van der Waals surface area contributed by atoms with E-state index in [0.29, 0.717) is 0 Å². The minimum absolute atomic E-state index is 0.0984. The van der Waals surface area contributed by atoms with Gasteiger partial charge in [-0.25, -0.2) is 6.57 Å². The van der Waals surface area contributed by atoms with E-state index in [4.69, 9.17) is 11.7 Å². The van der Waals surface area contributed by atoms with Gasteiger partial charge < -0.3 is 9.95 Å². The fraction of sp³-hybridized carbons (Fsp3) is 0.857. The van der Waals surface area contributed by atoms with Crippen LogP contribution in [-0.4, -0.2) is 17.3 Å². The minimum Gasteiger partial charge on any atom is -0.385 e. The maximum atomic E-state index is 9.16. The van der Waals surface area contributed by atoms with Crippen LogP contribution in [0.5, 0.6) is 0 Å². The SMILES string of the molecule is [C-]#[N+]C1CCCCC1O. The molecule has 0 saturated heterocycles. The van der Waals surface area contributed by atoms with Crippen LogP contribution >= 0.6 is 0 Å². The second-order valence-electron chi connectivity index (χ2n) is 2.55. The number of rotatable bonds is 0.